The van der Waals surface area contributed by atoms with Crippen LogP contribution in [0.3, 0.4) is 0 Å². The summed E-state index contributed by atoms with van der Waals surface area (Å²) < 4.78 is 10.9. The summed E-state index contributed by atoms with van der Waals surface area (Å²) in [6.45, 7) is 4.23. The number of methoxy groups -OCH3 is 1. The molecule has 8 nitrogen and oxygen atoms in total. The first kappa shape index (κ1) is 20.7. The Morgan fingerprint density at radius 3 is 2.79 bits per heavy atom. The van der Waals surface area contributed by atoms with E-state index in [0.29, 0.717) is 27.4 Å². The molecule has 2 saturated heterocycles. The van der Waals surface area contributed by atoms with Gasteiger partial charge in [-0.05, 0) is 25.8 Å². The van der Waals surface area contributed by atoms with Crippen LogP contribution in [0.15, 0.2) is 27.1 Å². The molecule has 0 aromatic carbocycles. The third-order valence-electron chi connectivity index (χ3n) is 5.98. The minimum absolute atomic E-state index is 0.0127. The minimum Gasteiger partial charge on any atom is -0.480 e. The van der Waals surface area contributed by atoms with Gasteiger partial charge in [-0.1, -0.05) is 23.4 Å². The highest BCUT2D eigenvalue weighted by molar-refractivity contribution is 8.15. The fourth-order valence-corrected chi connectivity index (χ4v) is 5.21. The van der Waals surface area contributed by atoms with Crippen LogP contribution >= 0.6 is 23.4 Å². The Kier molecular flexibility index (Phi) is 5.94. The van der Waals surface area contributed by atoms with E-state index in [-0.39, 0.29) is 23.5 Å². The molecule has 10 heteroatoms. The van der Waals surface area contributed by atoms with Crippen molar-refractivity contribution < 1.29 is 14.3 Å². The first-order valence-electron chi connectivity index (χ1n) is 9.57. The number of ether oxygens (including phenoxy) is 2. The SMILES string of the molecule is COc1nccc(SC2=NC(=O)C(N3CCC4(CC3)CO[C@@H](C)[C@H]4N)N=C2)c1Cl. The zero-order valence-corrected chi connectivity index (χ0v) is 17.9. The second kappa shape index (κ2) is 8.31. The quantitative estimate of drug-likeness (QED) is 0.771. The van der Waals surface area contributed by atoms with Crippen LogP contribution in [0.5, 0.6) is 5.88 Å². The molecule has 0 aliphatic carbocycles. The Labute approximate surface area is 178 Å². The molecule has 2 fully saturated rings. The van der Waals surface area contributed by atoms with Crippen molar-refractivity contribution in [3.63, 3.8) is 0 Å². The Morgan fingerprint density at radius 1 is 1.41 bits per heavy atom. The molecule has 3 aliphatic rings. The molecular formula is C19H24ClN5O3S. The molecule has 1 aromatic rings. The average molecular weight is 438 g/mol. The smallest absolute Gasteiger partial charge is 0.286 e. The lowest BCUT2D eigenvalue weighted by molar-refractivity contribution is -0.123. The average Bonchev–Trinajstić information content (AvgIpc) is 2.99. The number of aliphatic imine (C=N–C) groups is 2. The van der Waals surface area contributed by atoms with Gasteiger partial charge in [-0.3, -0.25) is 14.7 Å². The van der Waals surface area contributed by atoms with Crippen molar-refractivity contribution >= 4 is 40.5 Å². The molecule has 1 unspecified atom stereocenters. The predicted octanol–water partition coefficient (Wildman–Crippen LogP) is 2.00. The summed E-state index contributed by atoms with van der Waals surface area (Å²) in [5.74, 6) is 0.0725. The van der Waals surface area contributed by atoms with Gasteiger partial charge in [0.05, 0.1) is 26.0 Å². The van der Waals surface area contributed by atoms with Gasteiger partial charge in [-0.15, -0.1) is 0 Å². The third kappa shape index (κ3) is 3.94. The standard InChI is InChI=1S/C19H24ClN5O3S/c1-11-15(21)19(10-28-11)4-7-25(8-5-19)16-17(26)24-13(9-23-16)29-12-3-6-22-18(27-2)14(12)20/h3,6,9,11,15-16H,4-5,7-8,10,21H2,1-2H3/t11-,15+,16?/m0/s1. The zero-order chi connectivity index (χ0) is 20.6. The number of hydrogen-bond donors (Lipinski definition) is 1. The zero-order valence-electron chi connectivity index (χ0n) is 16.4. The molecule has 0 radical (unpaired) electrons. The predicted molar refractivity (Wildman–Crippen MR) is 113 cm³/mol. The minimum atomic E-state index is -0.574. The normalized spacial score (nSPS) is 29.3. The summed E-state index contributed by atoms with van der Waals surface area (Å²) in [4.78, 5) is 28.2. The summed E-state index contributed by atoms with van der Waals surface area (Å²) in [5.41, 5.74) is 6.39. The molecule has 1 aromatic heterocycles. The number of pyridine rings is 1. The Hall–Kier alpha value is -1.52. The van der Waals surface area contributed by atoms with Crippen LogP contribution in [0.2, 0.25) is 5.02 Å². The molecule has 3 atom stereocenters. The summed E-state index contributed by atoms with van der Waals surface area (Å²) in [7, 11) is 1.50. The topological polar surface area (TPSA) is 102 Å². The maximum Gasteiger partial charge on any atom is 0.286 e. The molecule has 156 valence electrons. The maximum atomic E-state index is 12.7. The number of piperidine rings is 1. The van der Waals surface area contributed by atoms with E-state index in [1.165, 1.54) is 18.9 Å². The molecule has 3 aliphatic heterocycles. The van der Waals surface area contributed by atoms with E-state index in [2.05, 4.69) is 19.9 Å². The van der Waals surface area contributed by atoms with Crippen LogP contribution in [-0.2, 0) is 9.53 Å². The Bertz CT molecular complexity index is 856. The van der Waals surface area contributed by atoms with Gasteiger partial charge in [0.1, 0.15) is 10.1 Å². The second-order valence-electron chi connectivity index (χ2n) is 7.61. The highest BCUT2D eigenvalue weighted by Gasteiger charge is 2.48. The van der Waals surface area contributed by atoms with Crippen LogP contribution in [0.1, 0.15) is 19.8 Å². The number of rotatable bonds is 3. The number of thioether (sulfide) groups is 1. The molecule has 1 spiro atoms. The van der Waals surface area contributed by atoms with Gasteiger partial charge in [0.2, 0.25) is 5.88 Å². The maximum absolute atomic E-state index is 12.7. The molecule has 4 rings (SSSR count). The number of carbonyl (C=O) groups is 1. The highest BCUT2D eigenvalue weighted by atomic mass is 35.5. The van der Waals surface area contributed by atoms with E-state index in [1.807, 2.05) is 6.92 Å². The molecule has 4 heterocycles. The van der Waals surface area contributed by atoms with E-state index in [0.717, 1.165) is 25.9 Å². The van der Waals surface area contributed by atoms with Crippen LogP contribution in [0.25, 0.3) is 0 Å². The Morgan fingerprint density at radius 2 is 2.17 bits per heavy atom. The van der Waals surface area contributed by atoms with Crippen LogP contribution < -0.4 is 10.5 Å². The molecule has 0 bridgehead atoms. The summed E-state index contributed by atoms with van der Waals surface area (Å²) in [6.07, 6.45) is 4.54. The Balaban J connectivity index is 1.39. The van der Waals surface area contributed by atoms with Gasteiger partial charge in [0.15, 0.2) is 6.17 Å². The number of carbonyl (C=O) groups excluding carboxylic acids is 1. The molecule has 2 N–H and O–H groups in total. The number of halogens is 1. The van der Waals surface area contributed by atoms with Crippen molar-refractivity contribution in [2.24, 2.45) is 21.1 Å². The number of amides is 1. The monoisotopic (exact) mass is 437 g/mol. The van der Waals surface area contributed by atoms with E-state index in [4.69, 9.17) is 26.8 Å². The molecule has 29 heavy (non-hydrogen) atoms. The van der Waals surface area contributed by atoms with Crippen LogP contribution in [0.4, 0.5) is 0 Å². The number of nitrogens with two attached hydrogens (primary N) is 1. The van der Waals surface area contributed by atoms with Gasteiger partial charge in [0.25, 0.3) is 5.91 Å². The summed E-state index contributed by atoms with van der Waals surface area (Å²) in [5, 5.41) is 0.881. The van der Waals surface area contributed by atoms with Crippen molar-refractivity contribution in [1.82, 2.24) is 9.88 Å². The lowest BCUT2D eigenvalue weighted by Gasteiger charge is -2.42. The van der Waals surface area contributed by atoms with Crippen LogP contribution in [-0.4, -0.2) is 72.2 Å². The van der Waals surface area contributed by atoms with Crippen molar-refractivity contribution in [1.29, 1.82) is 0 Å². The first-order chi connectivity index (χ1) is 13.9. The van der Waals surface area contributed by atoms with Gasteiger partial charge in [-0.2, -0.15) is 0 Å². The first-order valence-corrected chi connectivity index (χ1v) is 10.8. The molecule has 1 amide bonds. The van der Waals surface area contributed by atoms with Gasteiger partial charge in [-0.25, -0.2) is 9.98 Å². The van der Waals surface area contributed by atoms with E-state index < -0.39 is 6.17 Å². The summed E-state index contributed by atoms with van der Waals surface area (Å²) >= 11 is 7.54. The molecule has 0 saturated carbocycles. The van der Waals surface area contributed by atoms with E-state index >= 15 is 0 Å². The highest BCUT2D eigenvalue weighted by Crippen LogP contribution is 2.41. The van der Waals surface area contributed by atoms with Gasteiger partial charge < -0.3 is 15.2 Å². The van der Waals surface area contributed by atoms with Crippen molar-refractivity contribution in [3.8, 4) is 5.88 Å². The van der Waals surface area contributed by atoms with Crippen molar-refractivity contribution in [3.05, 3.63) is 17.3 Å². The fraction of sp³-hybridized carbons (Fsp3) is 0.579. The number of likely N-dealkylation sites (tertiary alicyclic amines) is 1. The van der Waals surface area contributed by atoms with Crippen molar-refractivity contribution in [2.75, 3.05) is 26.8 Å². The fourth-order valence-electron chi connectivity index (χ4n) is 4.12. The van der Waals surface area contributed by atoms with Crippen LogP contribution in [0, 0.1) is 5.41 Å². The number of hydrogen-bond acceptors (Lipinski definition) is 8. The van der Waals surface area contributed by atoms with Gasteiger partial charge >= 0.3 is 0 Å². The van der Waals surface area contributed by atoms with Gasteiger partial charge in [0, 0.05) is 35.6 Å². The second-order valence-corrected chi connectivity index (χ2v) is 9.05. The number of nitrogens with zero attached hydrogens (tertiary/aromatic N) is 4. The largest absolute Gasteiger partial charge is 0.480 e. The summed E-state index contributed by atoms with van der Waals surface area (Å²) in [6, 6.07) is 1.79. The molecular weight excluding hydrogens is 414 g/mol. The van der Waals surface area contributed by atoms with Crippen molar-refractivity contribution in [2.45, 2.75) is 43.0 Å². The van der Waals surface area contributed by atoms with E-state index in [1.54, 1.807) is 18.5 Å². The third-order valence-corrected chi connectivity index (χ3v) is 7.43. The lowest BCUT2D eigenvalue weighted by Crippen LogP contribution is -2.53. The lowest BCUT2D eigenvalue weighted by atomic mass is 9.73. The van der Waals surface area contributed by atoms with E-state index in [9.17, 15) is 4.79 Å². The number of aromatic nitrogens is 1.